The van der Waals surface area contributed by atoms with Crippen LogP contribution in [0, 0.1) is 11.8 Å². The van der Waals surface area contributed by atoms with Crippen molar-refractivity contribution in [2.75, 3.05) is 18.4 Å². The lowest BCUT2D eigenvalue weighted by atomic mass is 9.75. The molecule has 59 heavy (non-hydrogen) atoms. The van der Waals surface area contributed by atoms with Crippen molar-refractivity contribution in [3.8, 4) is 0 Å². The van der Waals surface area contributed by atoms with E-state index in [-0.39, 0.29) is 0 Å². The average molecular weight is 795 g/mol. The Hall–Kier alpha value is -3.62. The van der Waals surface area contributed by atoms with Crippen LogP contribution in [-0.2, 0) is 6.42 Å². The smallest absolute Gasteiger partial charge is 0.0452 e. The van der Waals surface area contributed by atoms with Gasteiger partial charge in [0.1, 0.15) is 0 Å². The Labute approximate surface area is 362 Å². The molecule has 1 saturated carbocycles. The molecular formula is C57H82N2. The minimum Gasteiger partial charge on any atom is -0.384 e. The molecule has 5 rings (SSSR count). The summed E-state index contributed by atoms with van der Waals surface area (Å²) in [5, 5.41) is 8.28. The molecule has 1 saturated heterocycles. The topological polar surface area (TPSA) is 24.1 Å². The second-order valence-electron chi connectivity index (χ2n) is 17.8. The molecule has 0 spiro atoms. The zero-order valence-corrected chi connectivity index (χ0v) is 37.2. The maximum Gasteiger partial charge on any atom is 0.0452 e. The van der Waals surface area contributed by atoms with E-state index in [1.807, 2.05) is 0 Å². The zero-order chi connectivity index (χ0) is 40.7. The third-order valence-electron chi connectivity index (χ3n) is 13.2. The maximum absolute atomic E-state index is 4.27. The van der Waals surface area contributed by atoms with Gasteiger partial charge in [-0.05, 0) is 80.0 Å². The van der Waals surface area contributed by atoms with Gasteiger partial charge in [-0.2, -0.15) is 0 Å². The molecule has 3 unspecified atom stereocenters. The van der Waals surface area contributed by atoms with E-state index in [2.05, 4.69) is 138 Å². The van der Waals surface area contributed by atoms with E-state index in [4.69, 9.17) is 0 Å². The van der Waals surface area contributed by atoms with Crippen LogP contribution < -0.4 is 10.6 Å². The number of fused-ring (bicyclic) bond motifs is 2. The third-order valence-corrected chi connectivity index (χ3v) is 13.2. The maximum atomic E-state index is 4.27. The SMILES string of the molecule is C1=C\C=C\C(C2CCCCCCCCCC3CCCCCCCCCNC32)=C/C=C\C=C/C(c2cccccccccccc3c2NCCCCCCCCCC3)=C/1. The van der Waals surface area contributed by atoms with E-state index in [9.17, 15) is 0 Å². The highest BCUT2D eigenvalue weighted by Crippen LogP contribution is 2.35. The number of rotatable bonds is 2. The molecule has 3 atom stereocenters. The number of allylic oxidation sites excluding steroid dienone is 11. The van der Waals surface area contributed by atoms with Crippen molar-refractivity contribution in [2.45, 2.75) is 173 Å². The van der Waals surface area contributed by atoms with Gasteiger partial charge in [-0.25, -0.2) is 0 Å². The van der Waals surface area contributed by atoms with Gasteiger partial charge in [-0.3, -0.25) is 0 Å². The van der Waals surface area contributed by atoms with Crippen LogP contribution in [0.5, 0.6) is 0 Å². The molecule has 2 fully saturated rings. The second kappa shape index (κ2) is 30.4. The lowest BCUT2D eigenvalue weighted by Gasteiger charge is -2.37. The zero-order valence-electron chi connectivity index (χ0n) is 37.2. The van der Waals surface area contributed by atoms with Crippen LogP contribution in [0.1, 0.15) is 172 Å². The molecule has 2 heterocycles. The Bertz CT molecular complexity index is 1610. The summed E-state index contributed by atoms with van der Waals surface area (Å²) in [6.07, 6.45) is 58.4. The predicted molar refractivity (Wildman–Crippen MR) is 261 cm³/mol. The Morgan fingerprint density at radius 3 is 1.58 bits per heavy atom. The van der Waals surface area contributed by atoms with Crippen LogP contribution in [0.4, 0.5) is 5.69 Å². The van der Waals surface area contributed by atoms with Crippen LogP contribution >= 0.6 is 0 Å². The molecule has 1 aromatic carbocycles. The monoisotopic (exact) mass is 795 g/mol. The van der Waals surface area contributed by atoms with E-state index in [0.717, 1.165) is 18.9 Å². The van der Waals surface area contributed by atoms with Gasteiger partial charge in [0.15, 0.2) is 0 Å². The predicted octanol–water partition coefficient (Wildman–Crippen LogP) is 16.4. The second-order valence-corrected chi connectivity index (χ2v) is 17.8. The molecule has 0 bridgehead atoms. The van der Waals surface area contributed by atoms with Gasteiger partial charge in [0.05, 0.1) is 0 Å². The molecule has 2 aliphatic carbocycles. The van der Waals surface area contributed by atoms with Gasteiger partial charge in [-0.1, -0.05) is 249 Å². The number of hydrogen-bond acceptors (Lipinski definition) is 2. The van der Waals surface area contributed by atoms with Crippen LogP contribution in [0.15, 0.2) is 133 Å². The lowest BCUT2D eigenvalue weighted by Crippen LogP contribution is -2.43. The highest BCUT2D eigenvalue weighted by atomic mass is 14.9. The fourth-order valence-corrected chi connectivity index (χ4v) is 9.84. The Kier molecular flexibility index (Phi) is 23.9. The molecule has 4 aliphatic rings. The fourth-order valence-electron chi connectivity index (χ4n) is 9.84. The van der Waals surface area contributed by atoms with Crippen molar-refractivity contribution in [2.24, 2.45) is 11.8 Å². The summed E-state index contributed by atoms with van der Waals surface area (Å²) in [7, 11) is 0. The van der Waals surface area contributed by atoms with Crippen molar-refractivity contribution in [1.82, 2.24) is 5.32 Å². The highest BCUT2D eigenvalue weighted by Gasteiger charge is 2.30. The van der Waals surface area contributed by atoms with E-state index in [1.165, 1.54) is 195 Å². The number of anilines is 1. The van der Waals surface area contributed by atoms with E-state index < -0.39 is 0 Å². The summed E-state index contributed by atoms with van der Waals surface area (Å²) < 4.78 is 0. The number of nitrogens with one attached hydrogen (secondary N) is 2. The first kappa shape index (κ1) is 46.4. The van der Waals surface area contributed by atoms with Crippen molar-refractivity contribution in [3.63, 3.8) is 0 Å². The van der Waals surface area contributed by atoms with Crippen molar-refractivity contribution in [1.29, 1.82) is 0 Å². The minimum absolute atomic E-state index is 0.533. The summed E-state index contributed by atoms with van der Waals surface area (Å²) in [6, 6.07) is 24.5. The summed E-state index contributed by atoms with van der Waals surface area (Å²) in [5.41, 5.74) is 6.64. The molecule has 0 aromatic heterocycles. The quantitative estimate of drug-likeness (QED) is 0.312. The van der Waals surface area contributed by atoms with Gasteiger partial charge in [0, 0.05) is 23.8 Å². The molecule has 1 aromatic rings. The van der Waals surface area contributed by atoms with Gasteiger partial charge >= 0.3 is 0 Å². The number of aryl methyl sites for hydroxylation is 1. The van der Waals surface area contributed by atoms with Crippen molar-refractivity contribution < 1.29 is 0 Å². The van der Waals surface area contributed by atoms with Crippen molar-refractivity contribution in [3.05, 3.63) is 144 Å². The lowest BCUT2D eigenvalue weighted by molar-refractivity contribution is 0.229. The molecule has 0 radical (unpaired) electrons. The summed E-state index contributed by atoms with van der Waals surface area (Å²) in [4.78, 5) is 0. The molecule has 2 N–H and O–H groups in total. The van der Waals surface area contributed by atoms with Gasteiger partial charge < -0.3 is 10.6 Å². The van der Waals surface area contributed by atoms with E-state index in [0.29, 0.717) is 12.0 Å². The van der Waals surface area contributed by atoms with Gasteiger partial charge in [0.25, 0.3) is 0 Å². The first-order valence-corrected chi connectivity index (χ1v) is 24.8. The summed E-state index contributed by atoms with van der Waals surface area (Å²) in [6.45, 7) is 2.16. The van der Waals surface area contributed by atoms with Crippen LogP contribution in [-0.4, -0.2) is 19.1 Å². The number of hydrogen-bond donors (Lipinski definition) is 2. The van der Waals surface area contributed by atoms with E-state index >= 15 is 0 Å². The molecular weight excluding hydrogens is 713 g/mol. The summed E-state index contributed by atoms with van der Waals surface area (Å²) >= 11 is 0. The molecule has 2 aliphatic heterocycles. The fraction of sp³-hybridized carbons (Fsp3) is 0.544. The van der Waals surface area contributed by atoms with Crippen molar-refractivity contribution >= 4 is 11.3 Å². The molecule has 2 nitrogen and oxygen atoms in total. The first-order chi connectivity index (χ1) is 29.4. The van der Waals surface area contributed by atoms with Crippen LogP contribution in [0.2, 0.25) is 0 Å². The Morgan fingerprint density at radius 1 is 0.407 bits per heavy atom. The molecule has 0 amide bonds. The standard InChI is InChI=1S/C57H82N2/c1-2-8-16-26-42-52-43-27-17-9-4-5-14-22-36-48-58-56(52)54(46-34-20-12-3-1)50-38-30-24-32-40-51(41-33-25-31-39-50)55-47-35-21-13-6-10-18-28-44-53-45-29-19-11-7-15-23-37-49-59-57(53)55/h1-3,8,12,16,20,24-26,30-34,38-42,46,53,55,57-59H,4-7,9-11,13-15,17-19,21-23,27-29,35-37,43-45,47-49H2/b2-1?,3-1?,8-2?,12-3?,16-8?,20-12?,26-16?,30-24-,31-25?,32-24?,33-25-,34-20?,38-30?,39-31-,40-32+,41-33?,42-26?,46-34?,50-38-,50-39?,51-40?,51-41+,52-42?,54-46?,56-52?,56-54?. The van der Waals surface area contributed by atoms with Crippen LogP contribution in [0.3, 0.4) is 0 Å². The van der Waals surface area contributed by atoms with E-state index in [1.54, 1.807) is 0 Å². The molecule has 320 valence electrons. The van der Waals surface area contributed by atoms with Gasteiger partial charge in [-0.15, -0.1) is 0 Å². The highest BCUT2D eigenvalue weighted by molar-refractivity contribution is 5.84. The van der Waals surface area contributed by atoms with Crippen LogP contribution in [0.25, 0.3) is 5.57 Å². The Morgan fingerprint density at radius 2 is 0.915 bits per heavy atom. The Balaban J connectivity index is 1.51. The first-order valence-electron chi connectivity index (χ1n) is 24.8. The summed E-state index contributed by atoms with van der Waals surface area (Å²) in [5.74, 6) is 1.29. The minimum atomic E-state index is 0.533. The average Bonchev–Trinajstić information content (AvgIpc) is 3.25. The molecule has 2 heteroatoms. The normalized spacial score (nSPS) is 27.8. The van der Waals surface area contributed by atoms with Gasteiger partial charge in [0.2, 0.25) is 0 Å². The largest absolute Gasteiger partial charge is 0.384 e. The third kappa shape index (κ3) is 18.7.